The van der Waals surface area contributed by atoms with Gasteiger partial charge in [0.1, 0.15) is 0 Å². The quantitative estimate of drug-likeness (QED) is 0.338. The maximum atomic E-state index is 5.83. The summed E-state index contributed by atoms with van der Waals surface area (Å²) in [5.74, 6) is 0.447. The molecule has 0 spiro atoms. The third-order valence-corrected chi connectivity index (χ3v) is 3.10. The number of unbranched alkanes of at least 4 members (excludes halogenated alkanes) is 6. The molecule has 0 aromatic heterocycles. The fourth-order valence-corrected chi connectivity index (χ4v) is 1.89. The molecule has 0 atom stereocenters. The van der Waals surface area contributed by atoms with Gasteiger partial charge < -0.3 is 9.31 Å². The molecule has 0 aliphatic heterocycles. The second kappa shape index (κ2) is 13.4. The third-order valence-electron chi connectivity index (χ3n) is 3.10. The molecule has 0 heterocycles. The molecule has 0 rings (SSSR count). The van der Waals surface area contributed by atoms with Crippen LogP contribution in [0.3, 0.4) is 0 Å². The smallest absolute Gasteiger partial charge is 0.411 e. The summed E-state index contributed by atoms with van der Waals surface area (Å²) in [6.45, 7) is 10.5. The summed E-state index contributed by atoms with van der Waals surface area (Å²) in [7, 11) is -0.00625. The molecular weight excluding hydrogens is 223 g/mol. The average Bonchev–Trinajstić information content (AvgIpc) is 2.35. The molecule has 0 N–H and O–H groups in total. The van der Waals surface area contributed by atoms with Crippen LogP contribution in [0.25, 0.3) is 0 Å². The highest BCUT2D eigenvalue weighted by Crippen LogP contribution is 2.12. The number of hydrogen-bond acceptors (Lipinski definition) is 2. The van der Waals surface area contributed by atoms with Gasteiger partial charge in [-0.2, -0.15) is 0 Å². The van der Waals surface area contributed by atoms with E-state index in [1.807, 2.05) is 0 Å². The predicted octanol–water partition coefficient (Wildman–Crippen LogP) is 5.08. The summed E-state index contributed by atoms with van der Waals surface area (Å²) >= 11 is 0. The van der Waals surface area contributed by atoms with Crippen LogP contribution in [0.4, 0.5) is 0 Å². The minimum absolute atomic E-state index is 0.00625. The van der Waals surface area contributed by atoms with E-state index < -0.39 is 0 Å². The Kier molecular flexibility index (Phi) is 13.4. The molecule has 0 aliphatic rings. The molecule has 18 heavy (non-hydrogen) atoms. The number of rotatable bonds is 13. The second-order valence-corrected chi connectivity index (χ2v) is 5.48. The van der Waals surface area contributed by atoms with Crippen molar-refractivity contribution in [2.24, 2.45) is 0 Å². The first-order chi connectivity index (χ1) is 8.72. The zero-order chi connectivity index (χ0) is 13.6. The van der Waals surface area contributed by atoms with Gasteiger partial charge in [0.15, 0.2) is 0 Å². The Morgan fingerprint density at radius 1 is 0.722 bits per heavy atom. The highest BCUT2D eigenvalue weighted by atomic mass is 16.6. The van der Waals surface area contributed by atoms with Crippen molar-refractivity contribution in [1.82, 2.24) is 0 Å². The van der Waals surface area contributed by atoms with Gasteiger partial charge >= 0.3 is 7.12 Å². The molecule has 0 aromatic rings. The second-order valence-electron chi connectivity index (χ2n) is 5.48. The minimum atomic E-state index is -0.00625. The van der Waals surface area contributed by atoms with Crippen LogP contribution in [0.5, 0.6) is 0 Å². The van der Waals surface area contributed by atoms with Crippen LogP contribution in [0.2, 0.25) is 5.82 Å². The minimum Gasteiger partial charge on any atom is -0.411 e. The molecule has 0 saturated carbocycles. The molecule has 3 heteroatoms. The van der Waals surface area contributed by atoms with Crippen LogP contribution in [-0.2, 0) is 9.31 Å². The monoisotopic (exact) mass is 256 g/mol. The van der Waals surface area contributed by atoms with Gasteiger partial charge in [-0.1, -0.05) is 66.2 Å². The van der Waals surface area contributed by atoms with Gasteiger partial charge in [0, 0.05) is 13.2 Å². The molecule has 108 valence electrons. The lowest BCUT2D eigenvalue weighted by Gasteiger charge is -2.17. The largest absolute Gasteiger partial charge is 0.459 e. The maximum absolute atomic E-state index is 5.83. The van der Waals surface area contributed by atoms with Crippen LogP contribution in [0.1, 0.15) is 79.1 Å². The lowest BCUT2D eigenvalue weighted by molar-refractivity contribution is 0.183. The van der Waals surface area contributed by atoms with Gasteiger partial charge in [-0.25, -0.2) is 0 Å². The van der Waals surface area contributed by atoms with E-state index in [4.69, 9.17) is 9.31 Å². The van der Waals surface area contributed by atoms with Crippen molar-refractivity contribution < 1.29 is 9.31 Å². The van der Waals surface area contributed by atoms with Crippen molar-refractivity contribution in [3.63, 3.8) is 0 Å². The van der Waals surface area contributed by atoms with E-state index in [2.05, 4.69) is 27.7 Å². The van der Waals surface area contributed by atoms with Gasteiger partial charge in [-0.3, -0.25) is 0 Å². The van der Waals surface area contributed by atoms with Crippen molar-refractivity contribution in [3.05, 3.63) is 0 Å². The highest BCUT2D eigenvalue weighted by Gasteiger charge is 2.22. The molecule has 0 amide bonds. The van der Waals surface area contributed by atoms with E-state index in [-0.39, 0.29) is 7.12 Å². The van der Waals surface area contributed by atoms with Gasteiger partial charge in [-0.15, -0.1) is 0 Å². The summed E-state index contributed by atoms with van der Waals surface area (Å²) < 4.78 is 11.7. The van der Waals surface area contributed by atoms with Crippen molar-refractivity contribution >= 4 is 7.12 Å². The Bertz CT molecular complexity index is 149. The lowest BCUT2D eigenvalue weighted by Crippen LogP contribution is -2.27. The molecule has 2 nitrogen and oxygen atoms in total. The van der Waals surface area contributed by atoms with E-state index in [1.165, 1.54) is 38.5 Å². The topological polar surface area (TPSA) is 18.5 Å². The first-order valence-corrected chi connectivity index (χ1v) is 7.95. The van der Waals surface area contributed by atoms with Gasteiger partial charge in [0.2, 0.25) is 0 Å². The Balaban J connectivity index is 3.53. The third kappa shape index (κ3) is 11.1. The molecule has 0 aliphatic carbocycles. The number of hydrogen-bond donors (Lipinski definition) is 0. The maximum Gasteiger partial charge on any atom is 0.459 e. The van der Waals surface area contributed by atoms with Crippen LogP contribution >= 0.6 is 0 Å². The van der Waals surface area contributed by atoms with Crippen LogP contribution in [0.15, 0.2) is 0 Å². The molecule has 0 unspecified atom stereocenters. The molecule has 0 aromatic carbocycles. The van der Waals surface area contributed by atoms with E-state index in [1.54, 1.807) is 0 Å². The fraction of sp³-hybridized carbons (Fsp3) is 1.00. The van der Waals surface area contributed by atoms with Crippen LogP contribution in [0, 0.1) is 0 Å². The Hall–Kier alpha value is -0.0151. The zero-order valence-corrected chi connectivity index (χ0v) is 13.0. The predicted molar refractivity (Wildman–Crippen MR) is 81.0 cm³/mol. The molecule has 0 radical (unpaired) electrons. The fourth-order valence-electron chi connectivity index (χ4n) is 1.89. The highest BCUT2D eigenvalue weighted by molar-refractivity contribution is 6.46. The lowest BCUT2D eigenvalue weighted by atomic mass is 9.74. The summed E-state index contributed by atoms with van der Waals surface area (Å²) in [4.78, 5) is 0. The van der Waals surface area contributed by atoms with E-state index >= 15 is 0 Å². The Labute approximate surface area is 115 Å². The molecule has 0 saturated heterocycles. The standard InChI is InChI=1S/C15H33BO2/c1-5-7-9-11-13-17-16(15(3)4)18-14-12-10-8-6-2/h15H,5-14H2,1-4H3. The Morgan fingerprint density at radius 3 is 1.50 bits per heavy atom. The van der Waals surface area contributed by atoms with E-state index in [0.717, 1.165) is 26.1 Å². The van der Waals surface area contributed by atoms with Gasteiger partial charge in [0.05, 0.1) is 0 Å². The van der Waals surface area contributed by atoms with Crippen molar-refractivity contribution in [3.8, 4) is 0 Å². The normalized spacial score (nSPS) is 11.2. The summed E-state index contributed by atoms with van der Waals surface area (Å²) in [6, 6.07) is 0. The first kappa shape index (κ1) is 18.0. The summed E-state index contributed by atoms with van der Waals surface area (Å²) in [6.07, 6.45) is 10.1. The zero-order valence-electron chi connectivity index (χ0n) is 13.0. The van der Waals surface area contributed by atoms with Crippen LogP contribution in [-0.4, -0.2) is 20.3 Å². The Morgan fingerprint density at radius 2 is 1.17 bits per heavy atom. The van der Waals surface area contributed by atoms with Crippen molar-refractivity contribution in [1.29, 1.82) is 0 Å². The molecule has 0 fully saturated rings. The van der Waals surface area contributed by atoms with E-state index in [0.29, 0.717) is 5.82 Å². The molecule has 0 bridgehead atoms. The summed E-state index contributed by atoms with van der Waals surface area (Å²) in [5, 5.41) is 0. The average molecular weight is 256 g/mol. The van der Waals surface area contributed by atoms with E-state index in [9.17, 15) is 0 Å². The summed E-state index contributed by atoms with van der Waals surface area (Å²) in [5.41, 5.74) is 0. The first-order valence-electron chi connectivity index (χ1n) is 7.95. The SMILES string of the molecule is CCCCCCOB(OCCCCCC)C(C)C. The molecular formula is C15H33BO2. The van der Waals surface area contributed by atoms with Crippen molar-refractivity contribution in [2.45, 2.75) is 84.9 Å². The van der Waals surface area contributed by atoms with Crippen LogP contribution < -0.4 is 0 Å². The van der Waals surface area contributed by atoms with Crippen molar-refractivity contribution in [2.75, 3.05) is 13.2 Å². The van der Waals surface area contributed by atoms with Gasteiger partial charge in [0.25, 0.3) is 0 Å². The van der Waals surface area contributed by atoms with Gasteiger partial charge in [-0.05, 0) is 18.7 Å².